The number of hydrogen-bond acceptors (Lipinski definition) is 3. The van der Waals surface area contributed by atoms with E-state index in [1.807, 2.05) is 20.8 Å². The number of carbonyl (C=O) groups excluding carboxylic acids is 2. The second-order valence-electron chi connectivity index (χ2n) is 5.64. The third kappa shape index (κ3) is 3.91. The van der Waals surface area contributed by atoms with E-state index in [4.69, 9.17) is 4.74 Å². The molecular formula is C12H22N2O3. The van der Waals surface area contributed by atoms with Gasteiger partial charge in [-0.15, -0.1) is 0 Å². The molecule has 0 bridgehead atoms. The van der Waals surface area contributed by atoms with Crippen molar-refractivity contribution < 1.29 is 14.3 Å². The molecule has 0 aromatic heterocycles. The minimum absolute atomic E-state index is 0.0797. The number of likely N-dealkylation sites (tertiary alicyclic amines) is 1. The van der Waals surface area contributed by atoms with Gasteiger partial charge in [0.05, 0.1) is 5.92 Å². The lowest BCUT2D eigenvalue weighted by atomic mass is 10.1. The third-order valence-electron chi connectivity index (χ3n) is 2.63. The van der Waals surface area contributed by atoms with E-state index in [9.17, 15) is 9.59 Å². The molecule has 1 fully saturated rings. The molecule has 1 atom stereocenters. The molecule has 2 amide bonds. The van der Waals surface area contributed by atoms with E-state index in [1.165, 1.54) is 0 Å². The molecule has 0 saturated carbocycles. The van der Waals surface area contributed by atoms with Gasteiger partial charge < -0.3 is 14.5 Å². The molecule has 1 saturated heterocycles. The number of nitrogens with zero attached hydrogens (tertiary/aromatic N) is 2. The summed E-state index contributed by atoms with van der Waals surface area (Å²) in [6.07, 6.45) is 0.391. The van der Waals surface area contributed by atoms with Gasteiger partial charge in [0.15, 0.2) is 0 Å². The highest BCUT2D eigenvalue weighted by atomic mass is 16.6. The van der Waals surface area contributed by atoms with Crippen molar-refractivity contribution in [1.82, 2.24) is 9.80 Å². The fourth-order valence-electron chi connectivity index (χ4n) is 1.82. The van der Waals surface area contributed by atoms with Gasteiger partial charge in [0, 0.05) is 27.2 Å². The summed E-state index contributed by atoms with van der Waals surface area (Å²) in [5, 5.41) is 0. The van der Waals surface area contributed by atoms with Gasteiger partial charge in [-0.3, -0.25) is 4.79 Å². The van der Waals surface area contributed by atoms with Crippen LogP contribution in [0.1, 0.15) is 27.2 Å². The van der Waals surface area contributed by atoms with Gasteiger partial charge in [0.1, 0.15) is 5.60 Å². The first-order chi connectivity index (χ1) is 7.70. The maximum Gasteiger partial charge on any atom is 0.410 e. The molecule has 5 heteroatoms. The Morgan fingerprint density at radius 2 is 1.88 bits per heavy atom. The lowest BCUT2D eigenvalue weighted by Gasteiger charge is -2.24. The van der Waals surface area contributed by atoms with Crippen LogP contribution in [0.2, 0.25) is 0 Å². The van der Waals surface area contributed by atoms with Gasteiger partial charge in [-0.25, -0.2) is 4.79 Å². The second kappa shape index (κ2) is 4.94. The van der Waals surface area contributed by atoms with E-state index >= 15 is 0 Å². The molecule has 17 heavy (non-hydrogen) atoms. The summed E-state index contributed by atoms with van der Waals surface area (Å²) in [6.45, 7) is 6.57. The summed E-state index contributed by atoms with van der Waals surface area (Å²) in [5.74, 6) is -0.00595. The maximum atomic E-state index is 11.8. The van der Waals surface area contributed by atoms with Crippen molar-refractivity contribution in [2.45, 2.75) is 32.8 Å². The number of ether oxygens (including phenoxy) is 1. The lowest BCUT2D eigenvalue weighted by molar-refractivity contribution is -0.132. The summed E-state index contributed by atoms with van der Waals surface area (Å²) >= 11 is 0. The maximum absolute atomic E-state index is 11.8. The Kier molecular flexibility index (Phi) is 4.01. The first-order valence-corrected chi connectivity index (χ1v) is 5.90. The average Bonchev–Trinajstić information content (AvgIpc) is 2.62. The van der Waals surface area contributed by atoms with Gasteiger partial charge >= 0.3 is 6.09 Å². The van der Waals surface area contributed by atoms with Gasteiger partial charge in [0.2, 0.25) is 5.91 Å². The van der Waals surface area contributed by atoms with Crippen LogP contribution in [0.15, 0.2) is 0 Å². The Bertz CT molecular complexity index is 307. The number of amides is 2. The largest absolute Gasteiger partial charge is 0.444 e. The minimum atomic E-state index is -0.485. The molecule has 0 aromatic rings. The normalized spacial score (nSPS) is 20.3. The fraction of sp³-hybridized carbons (Fsp3) is 0.833. The third-order valence-corrected chi connectivity index (χ3v) is 2.63. The van der Waals surface area contributed by atoms with Crippen LogP contribution in [-0.4, -0.2) is 54.6 Å². The van der Waals surface area contributed by atoms with Crippen LogP contribution in [0.25, 0.3) is 0 Å². The molecule has 0 aliphatic carbocycles. The molecule has 5 nitrogen and oxygen atoms in total. The summed E-state index contributed by atoms with van der Waals surface area (Å²) in [7, 11) is 3.47. The number of carbonyl (C=O) groups is 2. The molecule has 0 aromatic carbocycles. The minimum Gasteiger partial charge on any atom is -0.444 e. The zero-order chi connectivity index (χ0) is 13.2. The molecule has 1 rings (SSSR count). The molecular weight excluding hydrogens is 220 g/mol. The predicted molar refractivity (Wildman–Crippen MR) is 64.6 cm³/mol. The van der Waals surface area contributed by atoms with E-state index in [1.54, 1.807) is 23.9 Å². The van der Waals surface area contributed by atoms with Crippen LogP contribution < -0.4 is 0 Å². The van der Waals surface area contributed by atoms with Crippen LogP contribution in [0.4, 0.5) is 4.79 Å². The standard InChI is InChI=1S/C12H22N2O3/c1-12(2,3)17-11(16)14-7-6-9(8-14)10(15)13(4)5/h9H,6-8H2,1-5H3/t9-/m0/s1. The predicted octanol–water partition coefficient (Wildman–Crippen LogP) is 1.33. The molecule has 1 aliphatic heterocycles. The van der Waals surface area contributed by atoms with Crippen LogP contribution in [0.3, 0.4) is 0 Å². The monoisotopic (exact) mass is 242 g/mol. The SMILES string of the molecule is CN(C)C(=O)[C@H]1CCN(C(=O)OC(C)(C)C)C1. The molecule has 1 heterocycles. The highest BCUT2D eigenvalue weighted by molar-refractivity contribution is 5.80. The molecule has 0 radical (unpaired) electrons. The van der Waals surface area contributed by atoms with E-state index in [-0.39, 0.29) is 17.9 Å². The Hall–Kier alpha value is -1.26. The Morgan fingerprint density at radius 3 is 2.35 bits per heavy atom. The smallest absolute Gasteiger partial charge is 0.410 e. The molecule has 0 spiro atoms. The molecule has 0 unspecified atom stereocenters. The van der Waals surface area contributed by atoms with Crippen molar-refractivity contribution >= 4 is 12.0 Å². The van der Waals surface area contributed by atoms with Gasteiger partial charge in [-0.1, -0.05) is 0 Å². The summed E-state index contributed by atoms with van der Waals surface area (Å²) in [4.78, 5) is 26.7. The van der Waals surface area contributed by atoms with Crippen LogP contribution >= 0.6 is 0 Å². The number of rotatable bonds is 1. The van der Waals surface area contributed by atoms with E-state index in [0.717, 1.165) is 6.42 Å². The van der Waals surface area contributed by atoms with Crippen molar-refractivity contribution in [2.24, 2.45) is 5.92 Å². The van der Waals surface area contributed by atoms with Crippen LogP contribution in [0, 0.1) is 5.92 Å². The Morgan fingerprint density at radius 1 is 1.29 bits per heavy atom. The van der Waals surface area contributed by atoms with Gasteiger partial charge in [0.25, 0.3) is 0 Å². The van der Waals surface area contributed by atoms with Crippen LogP contribution in [-0.2, 0) is 9.53 Å². The zero-order valence-electron chi connectivity index (χ0n) is 11.3. The van der Waals surface area contributed by atoms with Crippen molar-refractivity contribution in [2.75, 3.05) is 27.2 Å². The van der Waals surface area contributed by atoms with Gasteiger partial charge in [-0.05, 0) is 27.2 Å². The van der Waals surface area contributed by atoms with Gasteiger partial charge in [-0.2, -0.15) is 0 Å². The highest BCUT2D eigenvalue weighted by Crippen LogP contribution is 2.20. The van der Waals surface area contributed by atoms with E-state index in [2.05, 4.69) is 0 Å². The second-order valence-corrected chi connectivity index (χ2v) is 5.64. The quantitative estimate of drug-likeness (QED) is 0.697. The average molecular weight is 242 g/mol. The summed E-state index contributed by atoms with van der Waals surface area (Å²) in [6, 6.07) is 0. The van der Waals surface area contributed by atoms with Crippen molar-refractivity contribution in [1.29, 1.82) is 0 Å². The highest BCUT2D eigenvalue weighted by Gasteiger charge is 2.33. The van der Waals surface area contributed by atoms with Crippen molar-refractivity contribution in [3.05, 3.63) is 0 Å². The fourth-order valence-corrected chi connectivity index (χ4v) is 1.82. The van der Waals surface area contributed by atoms with E-state index < -0.39 is 5.60 Å². The van der Waals surface area contributed by atoms with Crippen molar-refractivity contribution in [3.63, 3.8) is 0 Å². The molecule has 1 aliphatic rings. The van der Waals surface area contributed by atoms with Crippen LogP contribution in [0.5, 0.6) is 0 Å². The topological polar surface area (TPSA) is 49.9 Å². The summed E-state index contributed by atoms with van der Waals surface area (Å²) in [5.41, 5.74) is -0.485. The first kappa shape index (κ1) is 13.8. The summed E-state index contributed by atoms with van der Waals surface area (Å²) < 4.78 is 5.27. The molecule has 98 valence electrons. The Labute approximate surface area is 103 Å². The number of hydrogen-bond donors (Lipinski definition) is 0. The van der Waals surface area contributed by atoms with Crippen molar-refractivity contribution in [3.8, 4) is 0 Å². The lowest BCUT2D eigenvalue weighted by Crippen LogP contribution is -2.37. The Balaban J connectivity index is 2.51. The first-order valence-electron chi connectivity index (χ1n) is 5.90. The molecule has 0 N–H and O–H groups in total. The zero-order valence-corrected chi connectivity index (χ0v) is 11.3. The van der Waals surface area contributed by atoms with E-state index in [0.29, 0.717) is 13.1 Å².